The largest absolute Gasteiger partial charge is 0.315 e. The monoisotopic (exact) mass is 427 g/mol. The standard InChI is InChI=1S/2C7H11NS.C6H10N2S.H2/c1-6-3-7(4-8-2)9-5-6;1-6-3-4-7(9-6)5-8-2;1-5-4-9-6(8-5)3-7-2;/h3,5,8H,4H2,1-2H3;3-4,8H,5H2,1-2H3;4,7H,3H2,1-2H3;1H/i;;;1+1. The topological polar surface area (TPSA) is 49.0 Å². The van der Waals surface area contributed by atoms with E-state index in [4.69, 9.17) is 0 Å². The van der Waals surface area contributed by atoms with Gasteiger partial charge < -0.3 is 16.0 Å². The van der Waals surface area contributed by atoms with Crippen molar-refractivity contribution in [1.82, 2.24) is 20.9 Å². The SMILES string of the molecule is CNCc1cc(C)cs1.CNCc1ccc(C)s1.CNCc1nc(C)cs1.[2HH]. The second kappa shape index (κ2) is 14.0. The molecule has 0 saturated carbocycles. The van der Waals surface area contributed by atoms with E-state index in [0.29, 0.717) is 0 Å². The van der Waals surface area contributed by atoms with E-state index in [9.17, 15) is 0 Å². The fourth-order valence-corrected chi connectivity index (χ4v) is 4.72. The maximum Gasteiger partial charge on any atom is 0.107 e. The fourth-order valence-electron chi connectivity index (χ4n) is 2.15. The van der Waals surface area contributed by atoms with E-state index < -0.39 is 0 Å². The summed E-state index contributed by atoms with van der Waals surface area (Å²) in [5, 5.41) is 14.7. The maximum absolute atomic E-state index is 4.26. The summed E-state index contributed by atoms with van der Waals surface area (Å²) in [7, 11) is 5.86. The third-order valence-electron chi connectivity index (χ3n) is 3.28. The molecule has 0 aliphatic heterocycles. The Bertz CT molecular complexity index is 652. The van der Waals surface area contributed by atoms with Crippen molar-refractivity contribution in [2.24, 2.45) is 0 Å². The lowest BCUT2D eigenvalue weighted by Gasteiger charge is -1.90. The molecule has 152 valence electrons. The molecule has 27 heavy (non-hydrogen) atoms. The summed E-state index contributed by atoms with van der Waals surface area (Å²) < 4.78 is 0. The number of thiazole rings is 1. The first-order chi connectivity index (χ1) is 13.0. The van der Waals surface area contributed by atoms with Gasteiger partial charge in [-0.3, -0.25) is 0 Å². The molecule has 0 aliphatic carbocycles. The summed E-state index contributed by atoms with van der Waals surface area (Å²) in [5.74, 6) is 0. The Kier molecular flexibility index (Phi) is 12.4. The van der Waals surface area contributed by atoms with Gasteiger partial charge in [-0.2, -0.15) is 0 Å². The van der Waals surface area contributed by atoms with Gasteiger partial charge in [0.2, 0.25) is 0 Å². The van der Waals surface area contributed by atoms with Gasteiger partial charge >= 0.3 is 0 Å². The summed E-state index contributed by atoms with van der Waals surface area (Å²) >= 11 is 5.36. The molecule has 3 N–H and O–H groups in total. The van der Waals surface area contributed by atoms with Gasteiger partial charge in [0.1, 0.15) is 5.01 Å². The Morgan fingerprint density at radius 1 is 0.852 bits per heavy atom. The number of nitrogens with zero attached hydrogens (tertiary/aromatic N) is 1. The van der Waals surface area contributed by atoms with Crippen LogP contribution in [0.3, 0.4) is 0 Å². The fraction of sp³-hybridized carbons (Fsp3) is 0.450. The molecule has 3 heterocycles. The zero-order valence-corrected chi connectivity index (χ0v) is 19.6. The van der Waals surface area contributed by atoms with Gasteiger partial charge in [-0.1, -0.05) is 0 Å². The van der Waals surface area contributed by atoms with E-state index in [2.05, 4.69) is 63.7 Å². The molecular formula is C20H34N4S3. The highest BCUT2D eigenvalue weighted by Gasteiger charge is 1.94. The average Bonchev–Trinajstić information content (AvgIpc) is 3.33. The maximum atomic E-state index is 4.26. The van der Waals surface area contributed by atoms with Crippen LogP contribution in [0.1, 0.15) is 32.3 Å². The van der Waals surface area contributed by atoms with Crippen molar-refractivity contribution in [2.75, 3.05) is 21.1 Å². The molecule has 0 bridgehead atoms. The smallest absolute Gasteiger partial charge is 0.107 e. The van der Waals surface area contributed by atoms with Crippen LogP contribution < -0.4 is 16.0 Å². The lowest BCUT2D eigenvalue weighted by atomic mass is 10.3. The van der Waals surface area contributed by atoms with Crippen molar-refractivity contribution in [3.8, 4) is 0 Å². The molecule has 0 atom stereocenters. The lowest BCUT2D eigenvalue weighted by Crippen LogP contribution is -2.04. The molecule has 0 radical (unpaired) electrons. The number of rotatable bonds is 6. The minimum atomic E-state index is 0. The average molecular weight is 428 g/mol. The molecule has 0 amide bonds. The number of nitrogens with one attached hydrogen (secondary N) is 3. The Balaban J connectivity index is 0.000000384. The molecule has 3 aromatic rings. The van der Waals surface area contributed by atoms with Crippen molar-refractivity contribution in [3.05, 3.63) is 59.9 Å². The highest BCUT2D eigenvalue weighted by atomic mass is 32.1. The second-order valence-electron chi connectivity index (χ2n) is 6.08. The van der Waals surface area contributed by atoms with Gasteiger partial charge in [0.05, 0.1) is 0 Å². The molecule has 0 aromatic carbocycles. The molecule has 3 aromatic heterocycles. The van der Waals surface area contributed by atoms with Crippen LogP contribution in [0.4, 0.5) is 0 Å². The molecule has 4 nitrogen and oxygen atoms in total. The minimum Gasteiger partial charge on any atom is -0.315 e. The Labute approximate surface area is 177 Å². The highest BCUT2D eigenvalue weighted by molar-refractivity contribution is 7.11. The van der Waals surface area contributed by atoms with Gasteiger partial charge in [-0.25, -0.2) is 4.98 Å². The predicted octanol–water partition coefficient (Wildman–Crippen LogP) is 4.97. The third-order valence-corrected chi connectivity index (χ3v) is 6.30. The van der Waals surface area contributed by atoms with Crippen molar-refractivity contribution in [2.45, 2.75) is 40.4 Å². The van der Waals surface area contributed by atoms with E-state index in [1.54, 1.807) is 11.3 Å². The minimum absolute atomic E-state index is 0. The predicted molar refractivity (Wildman–Crippen MR) is 125 cm³/mol. The summed E-state index contributed by atoms with van der Waals surface area (Å²) in [6.45, 7) is 9.14. The molecule has 3 rings (SSSR count). The number of aromatic nitrogens is 1. The summed E-state index contributed by atoms with van der Waals surface area (Å²) in [4.78, 5) is 8.47. The van der Waals surface area contributed by atoms with Crippen molar-refractivity contribution >= 4 is 34.0 Å². The molecule has 0 unspecified atom stereocenters. The molecule has 7 heteroatoms. The quantitative estimate of drug-likeness (QED) is 0.520. The van der Waals surface area contributed by atoms with Crippen LogP contribution >= 0.6 is 34.0 Å². The molecule has 0 aliphatic rings. The zero-order chi connectivity index (χ0) is 20.1. The highest BCUT2D eigenvalue weighted by Crippen LogP contribution is 2.14. The van der Waals surface area contributed by atoms with E-state index in [-0.39, 0.29) is 1.43 Å². The number of aryl methyl sites for hydroxylation is 3. The van der Waals surface area contributed by atoms with Crippen LogP contribution in [0.25, 0.3) is 0 Å². The van der Waals surface area contributed by atoms with Crippen LogP contribution in [-0.2, 0) is 19.6 Å². The van der Waals surface area contributed by atoms with Gasteiger partial charge in [0.15, 0.2) is 0 Å². The summed E-state index contributed by atoms with van der Waals surface area (Å²) in [6, 6.07) is 6.52. The summed E-state index contributed by atoms with van der Waals surface area (Å²) in [6.07, 6.45) is 0. The Hall–Kier alpha value is -1.09. The van der Waals surface area contributed by atoms with Crippen molar-refractivity contribution < 1.29 is 1.43 Å². The molecule has 0 spiro atoms. The first kappa shape index (κ1) is 23.9. The van der Waals surface area contributed by atoms with Crippen LogP contribution in [0, 0.1) is 20.8 Å². The molecule has 0 fully saturated rings. The second-order valence-corrected chi connectivity index (χ2v) is 9.39. The first-order valence-electron chi connectivity index (χ1n) is 8.92. The van der Waals surface area contributed by atoms with Crippen LogP contribution in [0.5, 0.6) is 0 Å². The van der Waals surface area contributed by atoms with Crippen LogP contribution in [-0.4, -0.2) is 26.1 Å². The lowest BCUT2D eigenvalue weighted by molar-refractivity contribution is 0.807. The van der Waals surface area contributed by atoms with Gasteiger partial charge in [0.25, 0.3) is 0 Å². The van der Waals surface area contributed by atoms with Gasteiger partial charge in [-0.05, 0) is 71.1 Å². The van der Waals surface area contributed by atoms with E-state index in [1.165, 1.54) is 20.2 Å². The van der Waals surface area contributed by atoms with E-state index >= 15 is 0 Å². The molecular weight excluding hydrogens is 392 g/mol. The van der Waals surface area contributed by atoms with Gasteiger partial charge in [0, 0.05) is 46.8 Å². The van der Waals surface area contributed by atoms with Crippen LogP contribution in [0.15, 0.2) is 29.0 Å². The number of thiophene rings is 2. The van der Waals surface area contributed by atoms with E-state index in [1.807, 2.05) is 50.7 Å². The zero-order valence-electron chi connectivity index (χ0n) is 17.2. The summed E-state index contributed by atoms with van der Waals surface area (Å²) in [5.41, 5.74) is 2.48. The van der Waals surface area contributed by atoms with Crippen LogP contribution in [0.2, 0.25) is 0 Å². The normalized spacial score (nSPS) is 10.0. The Morgan fingerprint density at radius 3 is 1.96 bits per heavy atom. The Morgan fingerprint density at radius 2 is 1.52 bits per heavy atom. The molecule has 0 saturated heterocycles. The van der Waals surface area contributed by atoms with Crippen molar-refractivity contribution in [1.29, 1.82) is 0 Å². The van der Waals surface area contributed by atoms with Gasteiger partial charge in [-0.15, -0.1) is 34.0 Å². The van der Waals surface area contributed by atoms with Crippen molar-refractivity contribution in [3.63, 3.8) is 0 Å². The number of hydrogen-bond donors (Lipinski definition) is 3. The first-order valence-corrected chi connectivity index (χ1v) is 11.5. The van der Waals surface area contributed by atoms with E-state index in [0.717, 1.165) is 30.3 Å². The number of hydrogen-bond acceptors (Lipinski definition) is 7. The third kappa shape index (κ3) is 10.7.